The number of H-pyrrole nitrogens is 1. The van der Waals surface area contributed by atoms with Crippen LogP contribution in [-0.2, 0) is 6.42 Å². The highest BCUT2D eigenvalue weighted by molar-refractivity contribution is 5.44. The van der Waals surface area contributed by atoms with Crippen molar-refractivity contribution < 1.29 is 0 Å². The molecule has 0 aliphatic carbocycles. The van der Waals surface area contributed by atoms with Crippen molar-refractivity contribution in [3.05, 3.63) is 46.4 Å². The minimum Gasteiger partial charge on any atom is -0.393 e. The molecule has 1 heterocycles. The van der Waals surface area contributed by atoms with E-state index in [2.05, 4.69) is 5.10 Å². The van der Waals surface area contributed by atoms with Crippen molar-refractivity contribution in [2.75, 3.05) is 5.73 Å². The number of nitrogens with two attached hydrogens (primary N) is 1. The van der Waals surface area contributed by atoms with Gasteiger partial charge in [0.05, 0.1) is 11.4 Å². The molecule has 0 aliphatic heterocycles. The molecule has 1 aromatic carbocycles. The van der Waals surface area contributed by atoms with Crippen molar-refractivity contribution in [3.63, 3.8) is 0 Å². The van der Waals surface area contributed by atoms with Gasteiger partial charge < -0.3 is 5.73 Å². The molecule has 0 atom stereocenters. The van der Waals surface area contributed by atoms with Crippen molar-refractivity contribution in [2.45, 2.75) is 13.3 Å². The summed E-state index contributed by atoms with van der Waals surface area (Å²) >= 11 is 0. The third-order valence-corrected chi connectivity index (χ3v) is 2.37. The van der Waals surface area contributed by atoms with Gasteiger partial charge in [0.15, 0.2) is 0 Å². The highest BCUT2D eigenvalue weighted by Crippen LogP contribution is 2.08. The Morgan fingerprint density at radius 2 is 2.00 bits per heavy atom. The molecular weight excluding hydrogens is 190 g/mol. The van der Waals surface area contributed by atoms with Gasteiger partial charge in [-0.05, 0) is 18.6 Å². The number of para-hydroxylation sites is 1. The molecule has 0 unspecified atom stereocenters. The summed E-state index contributed by atoms with van der Waals surface area (Å²) in [6.07, 6.45) is 0.723. The van der Waals surface area contributed by atoms with Gasteiger partial charge >= 0.3 is 0 Å². The van der Waals surface area contributed by atoms with Gasteiger partial charge in [0.1, 0.15) is 5.69 Å². The molecule has 0 saturated carbocycles. The van der Waals surface area contributed by atoms with Crippen LogP contribution in [0.3, 0.4) is 0 Å². The second-order valence-corrected chi connectivity index (χ2v) is 3.33. The quantitative estimate of drug-likeness (QED) is 0.773. The summed E-state index contributed by atoms with van der Waals surface area (Å²) in [6, 6.07) is 9.38. The van der Waals surface area contributed by atoms with Crippen LogP contribution in [-0.4, -0.2) is 9.78 Å². The fourth-order valence-corrected chi connectivity index (χ4v) is 1.52. The molecule has 4 nitrogen and oxygen atoms in total. The van der Waals surface area contributed by atoms with Gasteiger partial charge in [-0.15, -0.1) is 0 Å². The second kappa shape index (κ2) is 3.65. The van der Waals surface area contributed by atoms with E-state index >= 15 is 0 Å². The number of nitrogen functional groups attached to an aromatic ring is 1. The fraction of sp³-hybridized carbons (Fsp3) is 0.182. The van der Waals surface area contributed by atoms with E-state index < -0.39 is 0 Å². The second-order valence-electron chi connectivity index (χ2n) is 3.33. The lowest BCUT2D eigenvalue weighted by atomic mass is 10.3. The number of aromatic nitrogens is 2. The minimum absolute atomic E-state index is 0.182. The Bertz CT molecular complexity index is 510. The van der Waals surface area contributed by atoms with Gasteiger partial charge in [-0.25, -0.2) is 4.68 Å². The van der Waals surface area contributed by atoms with Gasteiger partial charge in [0.25, 0.3) is 5.56 Å². The summed E-state index contributed by atoms with van der Waals surface area (Å²) in [6.45, 7) is 1.96. The lowest BCUT2D eigenvalue weighted by molar-refractivity contribution is 0.819. The van der Waals surface area contributed by atoms with Crippen LogP contribution < -0.4 is 11.3 Å². The molecule has 0 amide bonds. The zero-order valence-electron chi connectivity index (χ0n) is 8.53. The van der Waals surface area contributed by atoms with E-state index in [1.807, 2.05) is 37.3 Å². The minimum atomic E-state index is -0.182. The lowest BCUT2D eigenvalue weighted by Crippen LogP contribution is -2.16. The van der Waals surface area contributed by atoms with Crippen LogP contribution in [0.4, 0.5) is 5.69 Å². The molecule has 15 heavy (non-hydrogen) atoms. The van der Waals surface area contributed by atoms with Crippen molar-refractivity contribution in [1.29, 1.82) is 0 Å². The first-order chi connectivity index (χ1) is 7.24. The van der Waals surface area contributed by atoms with Gasteiger partial charge in [-0.1, -0.05) is 25.1 Å². The molecule has 2 rings (SSSR count). The summed E-state index contributed by atoms with van der Waals surface area (Å²) in [4.78, 5) is 11.8. The predicted octanol–water partition coefficient (Wildman–Crippen LogP) is 1.31. The van der Waals surface area contributed by atoms with Crippen molar-refractivity contribution in [1.82, 2.24) is 9.78 Å². The monoisotopic (exact) mass is 203 g/mol. The average molecular weight is 203 g/mol. The summed E-state index contributed by atoms with van der Waals surface area (Å²) in [5.41, 5.74) is 7.39. The van der Waals surface area contributed by atoms with E-state index in [1.54, 1.807) is 0 Å². The fourth-order valence-electron chi connectivity index (χ4n) is 1.52. The zero-order chi connectivity index (χ0) is 10.8. The Kier molecular flexibility index (Phi) is 2.33. The van der Waals surface area contributed by atoms with Crippen LogP contribution in [0.15, 0.2) is 35.1 Å². The van der Waals surface area contributed by atoms with Crippen molar-refractivity contribution in [2.24, 2.45) is 0 Å². The van der Waals surface area contributed by atoms with Crippen LogP contribution in [0, 0.1) is 0 Å². The molecule has 0 fully saturated rings. The first kappa shape index (κ1) is 9.58. The number of nitrogens with zero attached hydrogens (tertiary/aromatic N) is 1. The van der Waals surface area contributed by atoms with Crippen LogP contribution in [0.25, 0.3) is 5.69 Å². The molecule has 0 saturated heterocycles. The highest BCUT2D eigenvalue weighted by Gasteiger charge is 2.09. The molecule has 0 bridgehead atoms. The van der Waals surface area contributed by atoms with Crippen LogP contribution >= 0.6 is 0 Å². The number of hydrogen-bond donors (Lipinski definition) is 2. The topological polar surface area (TPSA) is 63.8 Å². The molecule has 2 aromatic rings. The molecule has 1 aromatic heterocycles. The van der Waals surface area contributed by atoms with Gasteiger partial charge in [-0.2, -0.15) is 0 Å². The maximum atomic E-state index is 11.8. The van der Waals surface area contributed by atoms with E-state index in [9.17, 15) is 4.79 Å². The maximum Gasteiger partial charge on any atom is 0.294 e. The van der Waals surface area contributed by atoms with E-state index in [0.29, 0.717) is 5.69 Å². The van der Waals surface area contributed by atoms with E-state index in [0.717, 1.165) is 17.8 Å². The summed E-state index contributed by atoms with van der Waals surface area (Å²) in [7, 11) is 0. The SMILES string of the molecule is CCc1[nH]n(-c2ccccc2)c(=O)c1N. The van der Waals surface area contributed by atoms with E-state index in [1.165, 1.54) is 4.68 Å². The number of nitrogens with one attached hydrogen (secondary N) is 1. The molecule has 78 valence electrons. The lowest BCUT2D eigenvalue weighted by Gasteiger charge is -1.99. The third kappa shape index (κ3) is 1.54. The summed E-state index contributed by atoms with van der Waals surface area (Å²) in [5, 5.41) is 2.99. The number of hydrogen-bond acceptors (Lipinski definition) is 2. The first-order valence-corrected chi connectivity index (χ1v) is 4.88. The van der Waals surface area contributed by atoms with Crippen LogP contribution in [0.5, 0.6) is 0 Å². The van der Waals surface area contributed by atoms with Crippen molar-refractivity contribution in [3.8, 4) is 5.69 Å². The predicted molar refractivity (Wildman–Crippen MR) is 60.2 cm³/mol. The number of aryl methyl sites for hydroxylation is 1. The van der Waals surface area contributed by atoms with Crippen LogP contribution in [0.1, 0.15) is 12.6 Å². The Morgan fingerprint density at radius 1 is 1.33 bits per heavy atom. The smallest absolute Gasteiger partial charge is 0.294 e. The molecule has 3 N–H and O–H groups in total. The van der Waals surface area contributed by atoms with Crippen molar-refractivity contribution >= 4 is 5.69 Å². The number of benzene rings is 1. The Morgan fingerprint density at radius 3 is 2.53 bits per heavy atom. The number of anilines is 1. The van der Waals surface area contributed by atoms with Crippen LogP contribution in [0.2, 0.25) is 0 Å². The maximum absolute atomic E-state index is 11.8. The third-order valence-electron chi connectivity index (χ3n) is 2.37. The van der Waals surface area contributed by atoms with Gasteiger partial charge in [0, 0.05) is 0 Å². The number of aromatic amines is 1. The molecule has 0 spiro atoms. The summed E-state index contributed by atoms with van der Waals surface area (Å²) < 4.78 is 1.47. The normalized spacial score (nSPS) is 10.5. The molecule has 0 radical (unpaired) electrons. The molecule has 0 aliphatic rings. The first-order valence-electron chi connectivity index (χ1n) is 4.88. The Balaban J connectivity index is 2.60. The largest absolute Gasteiger partial charge is 0.393 e. The van der Waals surface area contributed by atoms with E-state index in [-0.39, 0.29) is 5.56 Å². The summed E-state index contributed by atoms with van der Waals surface area (Å²) in [5.74, 6) is 0. The van der Waals surface area contributed by atoms with Gasteiger partial charge in [-0.3, -0.25) is 9.89 Å². The standard InChI is InChI=1S/C11H13N3O/c1-2-9-10(12)11(15)14(13-9)8-6-4-3-5-7-8/h3-7,13H,2,12H2,1H3. The Hall–Kier alpha value is -1.97. The number of rotatable bonds is 2. The molecular formula is C11H13N3O. The zero-order valence-corrected chi connectivity index (χ0v) is 8.53. The Labute approximate surface area is 87.3 Å². The molecule has 4 heteroatoms. The van der Waals surface area contributed by atoms with Gasteiger partial charge in [0.2, 0.25) is 0 Å². The van der Waals surface area contributed by atoms with E-state index in [4.69, 9.17) is 5.73 Å². The average Bonchev–Trinajstić information content (AvgIpc) is 2.57. The highest BCUT2D eigenvalue weighted by atomic mass is 16.1.